The maximum atomic E-state index is 13.7. The zero-order valence-electron chi connectivity index (χ0n) is 12.6. The molecule has 2 aromatic carbocycles. The van der Waals surface area contributed by atoms with E-state index in [-0.39, 0.29) is 29.5 Å². The molecule has 23 heavy (non-hydrogen) atoms. The number of rotatable bonds is 5. The molecular weight excluding hydrogens is 299 g/mol. The Hall–Kier alpha value is -2.69. The van der Waals surface area contributed by atoms with Crippen LogP contribution >= 0.6 is 0 Å². The summed E-state index contributed by atoms with van der Waals surface area (Å²) >= 11 is 0. The van der Waals surface area contributed by atoms with E-state index in [0.717, 1.165) is 23.8 Å². The van der Waals surface area contributed by atoms with Gasteiger partial charge in [0, 0.05) is 18.1 Å². The molecule has 0 spiro atoms. The van der Waals surface area contributed by atoms with Crippen LogP contribution in [0.2, 0.25) is 0 Å². The van der Waals surface area contributed by atoms with Gasteiger partial charge in [-0.2, -0.15) is 0 Å². The summed E-state index contributed by atoms with van der Waals surface area (Å²) in [5, 5.41) is 0. The van der Waals surface area contributed by atoms with Gasteiger partial charge in [-0.05, 0) is 42.8 Å². The van der Waals surface area contributed by atoms with Gasteiger partial charge >= 0.3 is 0 Å². The predicted molar refractivity (Wildman–Crippen MR) is 81.9 cm³/mol. The predicted octanol–water partition coefficient (Wildman–Crippen LogP) is 3.22. The van der Waals surface area contributed by atoms with Crippen molar-refractivity contribution in [2.75, 3.05) is 13.2 Å². The summed E-state index contributed by atoms with van der Waals surface area (Å²) in [4.78, 5) is 23.3. The van der Waals surface area contributed by atoms with E-state index >= 15 is 0 Å². The Kier molecular flexibility index (Phi) is 4.10. The molecule has 1 heterocycles. The van der Waals surface area contributed by atoms with Gasteiger partial charge in [0.15, 0.2) is 18.2 Å². The molecule has 5 heteroatoms. The minimum atomic E-state index is -0.655. The number of fused-ring (bicyclic) bond motifs is 1. The molecule has 0 bridgehead atoms. The Balaban J connectivity index is 1.67. The number of hydrogen-bond acceptors (Lipinski definition) is 4. The van der Waals surface area contributed by atoms with Crippen molar-refractivity contribution < 1.29 is 23.5 Å². The van der Waals surface area contributed by atoms with Gasteiger partial charge in [-0.1, -0.05) is 0 Å². The third-order valence-corrected chi connectivity index (χ3v) is 3.70. The van der Waals surface area contributed by atoms with Gasteiger partial charge in [-0.25, -0.2) is 4.39 Å². The quantitative estimate of drug-likeness (QED) is 0.795. The van der Waals surface area contributed by atoms with Crippen LogP contribution in [0.3, 0.4) is 0 Å². The molecular formula is C18H15FO4. The van der Waals surface area contributed by atoms with Crippen LogP contribution in [-0.4, -0.2) is 24.8 Å². The van der Waals surface area contributed by atoms with E-state index in [9.17, 15) is 14.0 Å². The van der Waals surface area contributed by atoms with Crippen molar-refractivity contribution in [2.24, 2.45) is 0 Å². The highest BCUT2D eigenvalue weighted by atomic mass is 19.1. The fourth-order valence-electron chi connectivity index (χ4n) is 2.46. The Morgan fingerprint density at radius 2 is 2.04 bits per heavy atom. The van der Waals surface area contributed by atoms with Gasteiger partial charge in [-0.3, -0.25) is 9.59 Å². The fraction of sp³-hybridized carbons (Fsp3) is 0.222. The molecule has 0 saturated carbocycles. The van der Waals surface area contributed by atoms with E-state index in [1.807, 2.05) is 0 Å². The minimum absolute atomic E-state index is 0.00213. The van der Waals surface area contributed by atoms with E-state index in [4.69, 9.17) is 9.47 Å². The molecule has 0 radical (unpaired) electrons. The number of halogens is 1. The molecule has 0 unspecified atom stereocenters. The standard InChI is InChI=1S/C18H15FO4/c1-11(20)15-4-3-14(9-16(15)19)23-10-17(21)12-2-5-18-13(8-12)6-7-22-18/h2-5,8-9H,6-7,10H2,1H3. The molecule has 0 N–H and O–H groups in total. The number of ketones is 2. The van der Waals surface area contributed by atoms with E-state index in [0.29, 0.717) is 12.2 Å². The summed E-state index contributed by atoms with van der Waals surface area (Å²) in [7, 11) is 0. The first-order valence-electron chi connectivity index (χ1n) is 7.27. The van der Waals surface area contributed by atoms with Crippen molar-refractivity contribution in [2.45, 2.75) is 13.3 Å². The number of Topliss-reactive ketones (excluding diaryl/α,β-unsaturated/α-hetero) is 2. The van der Waals surface area contributed by atoms with Gasteiger partial charge in [0.2, 0.25) is 0 Å². The Bertz CT molecular complexity index is 783. The topological polar surface area (TPSA) is 52.6 Å². The molecule has 0 saturated heterocycles. The summed E-state index contributed by atoms with van der Waals surface area (Å²) in [6.45, 7) is 1.73. The van der Waals surface area contributed by atoms with Crippen LogP contribution in [0, 0.1) is 5.82 Å². The maximum Gasteiger partial charge on any atom is 0.200 e. The smallest absolute Gasteiger partial charge is 0.200 e. The molecule has 1 aliphatic rings. The highest BCUT2D eigenvalue weighted by Gasteiger charge is 2.16. The van der Waals surface area contributed by atoms with Crippen LogP contribution in [0.5, 0.6) is 11.5 Å². The third kappa shape index (κ3) is 3.23. The van der Waals surface area contributed by atoms with Crippen molar-refractivity contribution in [3.63, 3.8) is 0 Å². The van der Waals surface area contributed by atoms with Crippen molar-refractivity contribution in [1.29, 1.82) is 0 Å². The molecule has 0 atom stereocenters. The van der Waals surface area contributed by atoms with Crippen LogP contribution in [0.4, 0.5) is 4.39 Å². The minimum Gasteiger partial charge on any atom is -0.493 e. The summed E-state index contributed by atoms with van der Waals surface area (Å²) in [6.07, 6.45) is 0.787. The molecule has 2 aromatic rings. The SMILES string of the molecule is CC(=O)c1ccc(OCC(=O)c2ccc3c(c2)CCO3)cc1F. The molecule has 3 rings (SSSR count). The average molecular weight is 314 g/mol. The summed E-state index contributed by atoms with van der Waals surface area (Å²) in [5.74, 6) is -0.187. The molecule has 0 aliphatic carbocycles. The molecule has 1 aliphatic heterocycles. The zero-order valence-corrected chi connectivity index (χ0v) is 12.6. The van der Waals surface area contributed by atoms with Gasteiger partial charge in [0.05, 0.1) is 12.2 Å². The van der Waals surface area contributed by atoms with Crippen LogP contribution in [0.25, 0.3) is 0 Å². The first kappa shape index (κ1) is 15.2. The highest BCUT2D eigenvalue weighted by Crippen LogP contribution is 2.26. The largest absolute Gasteiger partial charge is 0.493 e. The summed E-state index contributed by atoms with van der Waals surface area (Å²) in [6, 6.07) is 9.20. The summed E-state index contributed by atoms with van der Waals surface area (Å²) < 4.78 is 24.4. The molecule has 118 valence electrons. The zero-order chi connectivity index (χ0) is 16.4. The third-order valence-electron chi connectivity index (χ3n) is 3.70. The van der Waals surface area contributed by atoms with E-state index in [1.54, 1.807) is 18.2 Å². The normalized spacial score (nSPS) is 12.4. The second-order valence-electron chi connectivity index (χ2n) is 5.33. The van der Waals surface area contributed by atoms with E-state index < -0.39 is 5.82 Å². The number of benzene rings is 2. The monoisotopic (exact) mass is 314 g/mol. The average Bonchev–Trinajstić information content (AvgIpc) is 2.99. The van der Waals surface area contributed by atoms with Gasteiger partial charge in [0.25, 0.3) is 0 Å². The number of hydrogen-bond donors (Lipinski definition) is 0. The molecule has 0 amide bonds. The van der Waals surface area contributed by atoms with Crippen LogP contribution in [0.15, 0.2) is 36.4 Å². The van der Waals surface area contributed by atoms with Crippen molar-refractivity contribution in [3.05, 3.63) is 58.9 Å². The van der Waals surface area contributed by atoms with Crippen molar-refractivity contribution in [1.82, 2.24) is 0 Å². The number of carbonyl (C=O) groups is 2. The first-order chi connectivity index (χ1) is 11.0. The van der Waals surface area contributed by atoms with Crippen LogP contribution < -0.4 is 9.47 Å². The van der Waals surface area contributed by atoms with Gasteiger partial charge in [-0.15, -0.1) is 0 Å². The highest BCUT2D eigenvalue weighted by molar-refractivity contribution is 5.97. The van der Waals surface area contributed by atoms with Gasteiger partial charge in [0.1, 0.15) is 17.3 Å². The fourth-order valence-corrected chi connectivity index (χ4v) is 2.46. The van der Waals surface area contributed by atoms with Gasteiger partial charge < -0.3 is 9.47 Å². The first-order valence-corrected chi connectivity index (χ1v) is 7.27. The maximum absolute atomic E-state index is 13.7. The molecule has 4 nitrogen and oxygen atoms in total. The van der Waals surface area contributed by atoms with Crippen molar-refractivity contribution in [3.8, 4) is 11.5 Å². The Morgan fingerprint density at radius 1 is 1.22 bits per heavy atom. The second-order valence-corrected chi connectivity index (χ2v) is 5.33. The lowest BCUT2D eigenvalue weighted by Crippen LogP contribution is -2.12. The molecule has 0 fully saturated rings. The Labute approximate surface area is 132 Å². The summed E-state index contributed by atoms with van der Waals surface area (Å²) in [5.41, 5.74) is 1.55. The second kappa shape index (κ2) is 6.20. The van der Waals surface area contributed by atoms with E-state index in [1.165, 1.54) is 19.1 Å². The van der Waals surface area contributed by atoms with Crippen molar-refractivity contribution >= 4 is 11.6 Å². The Morgan fingerprint density at radius 3 is 2.78 bits per heavy atom. The molecule has 0 aromatic heterocycles. The lowest BCUT2D eigenvalue weighted by atomic mass is 10.1. The lowest BCUT2D eigenvalue weighted by molar-refractivity contribution is 0.0919. The number of ether oxygens (including phenoxy) is 2. The lowest BCUT2D eigenvalue weighted by Gasteiger charge is -2.08. The number of carbonyl (C=O) groups excluding carboxylic acids is 2. The van der Waals surface area contributed by atoms with Crippen LogP contribution in [-0.2, 0) is 6.42 Å². The van der Waals surface area contributed by atoms with Crippen LogP contribution in [0.1, 0.15) is 33.2 Å². The van der Waals surface area contributed by atoms with E-state index in [2.05, 4.69) is 0 Å².